The van der Waals surface area contributed by atoms with Crippen LogP contribution in [0, 0.1) is 0 Å². The number of halogens is 1. The average Bonchev–Trinajstić information content (AvgIpc) is 2.47. The predicted molar refractivity (Wildman–Crippen MR) is 78.8 cm³/mol. The molecule has 1 unspecified atom stereocenters. The number of alkyl halides is 1. The molecule has 0 aliphatic carbocycles. The van der Waals surface area contributed by atoms with Gasteiger partial charge in [-0.1, -0.05) is 6.07 Å². The van der Waals surface area contributed by atoms with Crippen molar-refractivity contribution in [2.75, 3.05) is 5.32 Å². The monoisotopic (exact) mass is 284 g/mol. The van der Waals surface area contributed by atoms with E-state index < -0.39 is 11.8 Å². The standard InChI is InChI=1S/C15H13FN4O/c16-15(12(14(17)21)4-2-8-19-15)20-11-5-6-13-10(9-11)3-1-7-18-13/h1-9,19-20H,(H2,17,21). The Kier molecular flexibility index (Phi) is 3.06. The number of dihydropyridines is 1. The summed E-state index contributed by atoms with van der Waals surface area (Å²) in [6, 6.07) is 8.88. The quantitative estimate of drug-likeness (QED) is 0.751. The number of nitrogens with two attached hydrogens (primary N) is 1. The first-order valence-electron chi connectivity index (χ1n) is 6.35. The van der Waals surface area contributed by atoms with Crippen LogP contribution in [0.1, 0.15) is 0 Å². The summed E-state index contributed by atoms with van der Waals surface area (Å²) < 4.78 is 14.9. The summed E-state index contributed by atoms with van der Waals surface area (Å²) in [4.78, 5) is 15.6. The zero-order valence-electron chi connectivity index (χ0n) is 11.0. The molecule has 0 bridgehead atoms. The van der Waals surface area contributed by atoms with Crippen LogP contribution in [0.5, 0.6) is 0 Å². The fourth-order valence-corrected chi connectivity index (χ4v) is 2.21. The van der Waals surface area contributed by atoms with Crippen molar-refractivity contribution >= 4 is 22.5 Å². The van der Waals surface area contributed by atoms with E-state index >= 15 is 0 Å². The number of hydrogen-bond acceptors (Lipinski definition) is 4. The number of amides is 1. The molecule has 1 aliphatic rings. The van der Waals surface area contributed by atoms with E-state index in [4.69, 9.17) is 5.73 Å². The number of benzene rings is 1. The summed E-state index contributed by atoms with van der Waals surface area (Å²) in [5.41, 5.74) is 6.34. The smallest absolute Gasteiger partial charge is 0.287 e. The number of carbonyl (C=O) groups is 1. The lowest BCUT2D eigenvalue weighted by molar-refractivity contribution is -0.115. The summed E-state index contributed by atoms with van der Waals surface area (Å²) >= 11 is 0. The van der Waals surface area contributed by atoms with Crippen molar-refractivity contribution < 1.29 is 9.18 Å². The second-order valence-electron chi connectivity index (χ2n) is 4.64. The van der Waals surface area contributed by atoms with Crippen molar-refractivity contribution in [3.63, 3.8) is 0 Å². The van der Waals surface area contributed by atoms with Gasteiger partial charge in [-0.05, 0) is 36.4 Å². The number of pyridine rings is 1. The van der Waals surface area contributed by atoms with Gasteiger partial charge in [-0.25, -0.2) is 0 Å². The first kappa shape index (κ1) is 13.1. The van der Waals surface area contributed by atoms with Crippen LogP contribution in [0.25, 0.3) is 10.9 Å². The molecule has 1 aromatic carbocycles. The minimum absolute atomic E-state index is 0.184. The molecule has 6 heteroatoms. The highest BCUT2D eigenvalue weighted by Crippen LogP contribution is 2.26. The maximum atomic E-state index is 14.9. The number of nitrogens with one attached hydrogen (secondary N) is 2. The zero-order chi connectivity index (χ0) is 14.9. The van der Waals surface area contributed by atoms with Crippen molar-refractivity contribution in [2.24, 2.45) is 5.73 Å². The van der Waals surface area contributed by atoms with Crippen molar-refractivity contribution in [2.45, 2.75) is 5.92 Å². The Labute approximate surface area is 120 Å². The number of aromatic nitrogens is 1. The molecule has 3 rings (SSSR count). The van der Waals surface area contributed by atoms with Crippen LogP contribution in [0.4, 0.5) is 10.1 Å². The van der Waals surface area contributed by atoms with Crippen molar-refractivity contribution in [1.82, 2.24) is 10.3 Å². The van der Waals surface area contributed by atoms with Crippen LogP contribution < -0.4 is 16.4 Å². The van der Waals surface area contributed by atoms with E-state index in [-0.39, 0.29) is 5.57 Å². The molecule has 106 valence electrons. The minimum atomic E-state index is -2.24. The van der Waals surface area contributed by atoms with Crippen LogP contribution in [0.15, 0.2) is 60.5 Å². The maximum absolute atomic E-state index is 14.9. The van der Waals surface area contributed by atoms with E-state index in [0.29, 0.717) is 5.69 Å². The Morgan fingerprint density at radius 3 is 3.05 bits per heavy atom. The van der Waals surface area contributed by atoms with Crippen molar-refractivity contribution in [1.29, 1.82) is 0 Å². The molecule has 21 heavy (non-hydrogen) atoms. The van der Waals surface area contributed by atoms with E-state index in [0.717, 1.165) is 10.9 Å². The molecule has 1 atom stereocenters. The molecule has 2 heterocycles. The van der Waals surface area contributed by atoms with E-state index in [9.17, 15) is 9.18 Å². The largest absolute Gasteiger partial charge is 0.366 e. The summed E-state index contributed by atoms with van der Waals surface area (Å²) in [5, 5.41) is 6.00. The van der Waals surface area contributed by atoms with Gasteiger partial charge in [0.15, 0.2) is 0 Å². The number of primary amides is 1. The van der Waals surface area contributed by atoms with Gasteiger partial charge in [0.25, 0.3) is 11.8 Å². The van der Waals surface area contributed by atoms with Gasteiger partial charge < -0.3 is 16.4 Å². The van der Waals surface area contributed by atoms with Gasteiger partial charge >= 0.3 is 0 Å². The van der Waals surface area contributed by atoms with Gasteiger partial charge in [-0.3, -0.25) is 9.78 Å². The molecule has 1 amide bonds. The van der Waals surface area contributed by atoms with Crippen molar-refractivity contribution in [3.8, 4) is 0 Å². The summed E-state index contributed by atoms with van der Waals surface area (Å²) in [7, 11) is 0. The molecule has 0 radical (unpaired) electrons. The minimum Gasteiger partial charge on any atom is -0.366 e. The Balaban J connectivity index is 1.95. The average molecular weight is 284 g/mol. The molecular formula is C15H13FN4O. The van der Waals surface area contributed by atoms with Crippen LogP contribution >= 0.6 is 0 Å². The molecule has 5 nitrogen and oxygen atoms in total. The first-order chi connectivity index (χ1) is 10.1. The van der Waals surface area contributed by atoms with Gasteiger partial charge in [0.2, 0.25) is 0 Å². The number of allylic oxidation sites excluding steroid dienone is 2. The highest BCUT2D eigenvalue weighted by atomic mass is 19.1. The normalized spacial score (nSPS) is 20.7. The third-order valence-electron chi connectivity index (χ3n) is 3.20. The SMILES string of the molecule is NC(=O)C1=CC=CNC1(F)Nc1ccc2ncccc2c1. The lowest BCUT2D eigenvalue weighted by atomic mass is 10.1. The Morgan fingerprint density at radius 2 is 2.24 bits per heavy atom. The van der Waals surface area contributed by atoms with E-state index in [2.05, 4.69) is 15.6 Å². The van der Waals surface area contributed by atoms with Gasteiger partial charge in [0, 0.05) is 23.5 Å². The number of hydrogen-bond donors (Lipinski definition) is 3. The number of rotatable bonds is 3. The first-order valence-corrected chi connectivity index (χ1v) is 6.35. The van der Waals surface area contributed by atoms with E-state index in [1.54, 1.807) is 30.5 Å². The lowest BCUT2D eigenvalue weighted by Gasteiger charge is -2.30. The number of carbonyl (C=O) groups excluding carboxylic acids is 1. The maximum Gasteiger partial charge on any atom is 0.287 e. The predicted octanol–water partition coefficient (Wildman–Crippen LogP) is 1.80. The third kappa shape index (κ3) is 2.43. The Bertz CT molecular complexity index is 771. The molecule has 0 saturated carbocycles. The van der Waals surface area contributed by atoms with Crippen LogP contribution in [-0.2, 0) is 4.79 Å². The van der Waals surface area contributed by atoms with E-state index in [1.165, 1.54) is 18.4 Å². The fraction of sp³-hybridized carbons (Fsp3) is 0.0667. The van der Waals surface area contributed by atoms with Crippen LogP contribution in [0.3, 0.4) is 0 Å². The molecule has 1 aliphatic heterocycles. The Hall–Kier alpha value is -2.89. The second kappa shape index (κ2) is 4.90. The van der Waals surface area contributed by atoms with Gasteiger partial charge in [-0.15, -0.1) is 0 Å². The Morgan fingerprint density at radius 1 is 1.38 bits per heavy atom. The molecular weight excluding hydrogens is 271 g/mol. The molecule has 4 N–H and O–H groups in total. The van der Waals surface area contributed by atoms with Crippen molar-refractivity contribution in [3.05, 3.63) is 60.5 Å². The van der Waals surface area contributed by atoms with Gasteiger partial charge in [-0.2, -0.15) is 4.39 Å². The van der Waals surface area contributed by atoms with Gasteiger partial charge in [0.1, 0.15) is 0 Å². The fourth-order valence-electron chi connectivity index (χ4n) is 2.21. The van der Waals surface area contributed by atoms with Gasteiger partial charge in [0.05, 0.1) is 11.1 Å². The summed E-state index contributed by atoms with van der Waals surface area (Å²) in [6.07, 6.45) is 5.95. The third-order valence-corrected chi connectivity index (χ3v) is 3.20. The summed E-state index contributed by atoms with van der Waals surface area (Å²) in [6.45, 7) is 0. The molecule has 1 aromatic heterocycles. The summed E-state index contributed by atoms with van der Waals surface area (Å²) in [5.74, 6) is -3.07. The highest BCUT2D eigenvalue weighted by molar-refractivity contribution is 5.95. The van der Waals surface area contributed by atoms with E-state index in [1.807, 2.05) is 6.07 Å². The van der Waals surface area contributed by atoms with Crippen LogP contribution in [-0.4, -0.2) is 16.8 Å². The molecule has 0 fully saturated rings. The number of fused-ring (bicyclic) bond motifs is 1. The van der Waals surface area contributed by atoms with Crippen LogP contribution in [0.2, 0.25) is 0 Å². The topological polar surface area (TPSA) is 80.0 Å². The molecule has 0 spiro atoms. The lowest BCUT2D eigenvalue weighted by Crippen LogP contribution is -2.51. The molecule has 2 aromatic rings. The number of nitrogens with zero attached hydrogens (tertiary/aromatic N) is 1. The zero-order valence-corrected chi connectivity index (χ0v) is 11.0. The molecule has 0 saturated heterocycles. The highest BCUT2D eigenvalue weighted by Gasteiger charge is 2.37. The number of anilines is 1. The second-order valence-corrected chi connectivity index (χ2v) is 4.64.